The Kier molecular flexibility index (Phi) is 3.00. The molecule has 0 atom stereocenters. The van der Waals surface area contributed by atoms with Crippen molar-refractivity contribution < 1.29 is 8.42 Å². The van der Waals surface area contributed by atoms with E-state index in [1.54, 1.807) is 0 Å². The number of aromatic nitrogens is 2. The van der Waals surface area contributed by atoms with Crippen LogP contribution in [0.15, 0.2) is 36.7 Å². The van der Waals surface area contributed by atoms with E-state index in [9.17, 15) is 8.42 Å². The number of nitrogens with one attached hydrogen (secondary N) is 2. The first-order chi connectivity index (χ1) is 9.15. The molecule has 0 saturated carbocycles. The molecule has 0 saturated heterocycles. The number of fused-ring (bicyclic) bond motifs is 1. The largest absolute Gasteiger partial charge is 0.302 e. The Morgan fingerprint density at radius 3 is 2.79 bits per heavy atom. The van der Waals surface area contributed by atoms with Crippen LogP contribution in [0.4, 0.5) is 5.69 Å². The van der Waals surface area contributed by atoms with Crippen LogP contribution < -0.4 is 4.72 Å². The zero-order valence-corrected chi connectivity index (χ0v) is 11.0. The number of benzene rings is 1. The Morgan fingerprint density at radius 1 is 1.26 bits per heavy atom. The molecule has 1 aromatic heterocycles. The van der Waals surface area contributed by atoms with Crippen LogP contribution in [0.25, 0.3) is 0 Å². The summed E-state index contributed by atoms with van der Waals surface area (Å²) in [5.41, 5.74) is 2.72. The van der Waals surface area contributed by atoms with E-state index in [1.807, 2.05) is 24.3 Å². The number of aromatic amines is 1. The minimum absolute atomic E-state index is 0.406. The molecule has 0 amide bonds. The van der Waals surface area contributed by atoms with Crippen molar-refractivity contribution >= 4 is 15.9 Å². The number of hydrogen-bond acceptors (Lipinski definition) is 3. The quantitative estimate of drug-likeness (QED) is 0.883. The Morgan fingerprint density at radius 2 is 2.05 bits per heavy atom. The third-order valence-electron chi connectivity index (χ3n) is 3.18. The smallest absolute Gasteiger partial charge is 0.284 e. The van der Waals surface area contributed by atoms with Crippen LogP contribution in [0.5, 0.6) is 0 Å². The molecule has 0 spiro atoms. The standard InChI is InChI=1S/C12H14N4O2S/c17-19(18,15-12-7-13-14-8-12)16-6-5-10-3-1-2-4-11(10)9-16/h1-4,7-8,15H,5-6,9H2,(H,13,14). The Balaban J connectivity index is 1.80. The van der Waals surface area contributed by atoms with E-state index >= 15 is 0 Å². The summed E-state index contributed by atoms with van der Waals surface area (Å²) in [6.07, 6.45) is 3.69. The molecule has 0 fully saturated rings. The van der Waals surface area contributed by atoms with Gasteiger partial charge >= 0.3 is 10.2 Å². The topological polar surface area (TPSA) is 78.1 Å². The maximum absolute atomic E-state index is 12.2. The molecule has 0 aliphatic carbocycles. The van der Waals surface area contributed by atoms with Gasteiger partial charge in [-0.1, -0.05) is 24.3 Å². The van der Waals surface area contributed by atoms with Crippen molar-refractivity contribution in [3.63, 3.8) is 0 Å². The van der Waals surface area contributed by atoms with Gasteiger partial charge in [-0.3, -0.25) is 9.82 Å². The molecule has 2 heterocycles. The predicted molar refractivity (Wildman–Crippen MR) is 71.7 cm³/mol. The maximum atomic E-state index is 12.2. The highest BCUT2D eigenvalue weighted by Crippen LogP contribution is 2.21. The highest BCUT2D eigenvalue weighted by atomic mass is 32.2. The molecule has 1 aromatic carbocycles. The lowest BCUT2D eigenvalue weighted by Crippen LogP contribution is -2.39. The fraction of sp³-hybridized carbons (Fsp3) is 0.250. The summed E-state index contributed by atoms with van der Waals surface area (Å²) in [7, 11) is -3.53. The summed E-state index contributed by atoms with van der Waals surface area (Å²) in [6.45, 7) is 0.896. The summed E-state index contributed by atoms with van der Waals surface area (Å²) in [6, 6.07) is 7.92. The van der Waals surface area contributed by atoms with Gasteiger partial charge < -0.3 is 0 Å². The van der Waals surface area contributed by atoms with Gasteiger partial charge in [0.1, 0.15) is 0 Å². The molecule has 3 rings (SSSR count). The fourth-order valence-corrected chi connectivity index (χ4v) is 3.37. The maximum Gasteiger partial charge on any atom is 0.302 e. The van der Waals surface area contributed by atoms with Crippen molar-refractivity contribution in [1.82, 2.24) is 14.5 Å². The van der Waals surface area contributed by atoms with E-state index in [2.05, 4.69) is 14.9 Å². The first kappa shape index (κ1) is 12.2. The zero-order valence-electron chi connectivity index (χ0n) is 10.2. The van der Waals surface area contributed by atoms with Crippen molar-refractivity contribution in [2.75, 3.05) is 11.3 Å². The molecule has 19 heavy (non-hydrogen) atoms. The average Bonchev–Trinajstić information content (AvgIpc) is 2.90. The van der Waals surface area contributed by atoms with Crippen molar-refractivity contribution in [3.8, 4) is 0 Å². The first-order valence-electron chi connectivity index (χ1n) is 5.98. The second kappa shape index (κ2) is 4.67. The highest BCUT2D eigenvalue weighted by molar-refractivity contribution is 7.90. The molecule has 0 radical (unpaired) electrons. The van der Waals surface area contributed by atoms with Crippen molar-refractivity contribution in [2.45, 2.75) is 13.0 Å². The highest BCUT2D eigenvalue weighted by Gasteiger charge is 2.26. The number of nitrogens with zero attached hydrogens (tertiary/aromatic N) is 2. The van der Waals surface area contributed by atoms with E-state index in [4.69, 9.17) is 0 Å². The van der Waals surface area contributed by atoms with Crippen molar-refractivity contribution in [1.29, 1.82) is 0 Å². The van der Waals surface area contributed by atoms with E-state index < -0.39 is 10.2 Å². The number of hydrogen-bond donors (Lipinski definition) is 2. The Labute approximate surface area is 111 Å². The zero-order chi connectivity index (χ0) is 13.3. The molecule has 100 valence electrons. The molecule has 0 unspecified atom stereocenters. The SMILES string of the molecule is O=S(=O)(Nc1cn[nH]c1)N1CCc2ccccc2C1. The molecule has 6 nitrogen and oxygen atoms in total. The van der Waals surface area contributed by atoms with Gasteiger partial charge in [-0.2, -0.15) is 17.8 Å². The van der Waals surface area contributed by atoms with Gasteiger partial charge in [0.15, 0.2) is 0 Å². The van der Waals surface area contributed by atoms with Gasteiger partial charge in [0, 0.05) is 19.3 Å². The van der Waals surface area contributed by atoms with Gasteiger partial charge in [0.2, 0.25) is 0 Å². The van der Waals surface area contributed by atoms with Crippen molar-refractivity contribution in [3.05, 3.63) is 47.8 Å². The molecule has 2 aromatic rings. The molecule has 2 N–H and O–H groups in total. The van der Waals surface area contributed by atoms with E-state index in [1.165, 1.54) is 22.3 Å². The summed E-state index contributed by atoms with van der Waals surface area (Å²) in [5.74, 6) is 0. The van der Waals surface area contributed by atoms with Crippen LogP contribution in [0.1, 0.15) is 11.1 Å². The van der Waals surface area contributed by atoms with Gasteiger partial charge in [0.25, 0.3) is 0 Å². The Bertz CT molecular complexity index is 667. The summed E-state index contributed by atoms with van der Waals surface area (Å²) in [4.78, 5) is 0. The normalized spacial score (nSPS) is 16.0. The second-order valence-electron chi connectivity index (χ2n) is 4.45. The minimum Gasteiger partial charge on any atom is -0.284 e. The van der Waals surface area contributed by atoms with Gasteiger partial charge in [-0.25, -0.2) is 0 Å². The van der Waals surface area contributed by atoms with E-state index in [-0.39, 0.29) is 0 Å². The number of H-pyrrole nitrogens is 1. The fourth-order valence-electron chi connectivity index (χ4n) is 2.20. The van der Waals surface area contributed by atoms with Crippen LogP contribution in [-0.4, -0.2) is 29.5 Å². The van der Waals surface area contributed by atoms with E-state index in [0.29, 0.717) is 18.8 Å². The lowest BCUT2D eigenvalue weighted by atomic mass is 10.0. The van der Waals surface area contributed by atoms with Crippen LogP contribution in [0, 0.1) is 0 Å². The van der Waals surface area contributed by atoms with Crippen LogP contribution in [0.2, 0.25) is 0 Å². The summed E-state index contributed by atoms with van der Waals surface area (Å²) >= 11 is 0. The molecule has 1 aliphatic heterocycles. The predicted octanol–water partition coefficient (Wildman–Crippen LogP) is 1.12. The summed E-state index contributed by atoms with van der Waals surface area (Å²) in [5, 5.41) is 6.29. The van der Waals surface area contributed by atoms with Crippen molar-refractivity contribution in [2.24, 2.45) is 0 Å². The third-order valence-corrected chi connectivity index (χ3v) is 4.67. The second-order valence-corrected chi connectivity index (χ2v) is 6.12. The van der Waals surface area contributed by atoms with Crippen LogP contribution in [-0.2, 0) is 23.2 Å². The number of anilines is 1. The molecular formula is C12H14N4O2S. The molecule has 1 aliphatic rings. The lowest BCUT2D eigenvalue weighted by molar-refractivity contribution is 0.394. The minimum atomic E-state index is -3.53. The molecular weight excluding hydrogens is 264 g/mol. The monoisotopic (exact) mass is 278 g/mol. The van der Waals surface area contributed by atoms with Gasteiger partial charge in [-0.15, -0.1) is 0 Å². The van der Waals surface area contributed by atoms with E-state index in [0.717, 1.165) is 12.0 Å². The van der Waals surface area contributed by atoms with Gasteiger partial charge in [0.05, 0.1) is 11.9 Å². The number of rotatable bonds is 3. The molecule has 7 heteroatoms. The lowest BCUT2D eigenvalue weighted by Gasteiger charge is -2.27. The van der Waals surface area contributed by atoms with Crippen LogP contribution in [0.3, 0.4) is 0 Å². The van der Waals surface area contributed by atoms with Crippen LogP contribution >= 0.6 is 0 Å². The molecule has 0 bridgehead atoms. The first-order valence-corrected chi connectivity index (χ1v) is 7.42. The summed E-state index contributed by atoms with van der Waals surface area (Å²) < 4.78 is 28.4. The van der Waals surface area contributed by atoms with Gasteiger partial charge in [-0.05, 0) is 17.5 Å². The average molecular weight is 278 g/mol. The third kappa shape index (κ3) is 2.47. The Hall–Kier alpha value is -1.86.